The van der Waals surface area contributed by atoms with Gasteiger partial charge in [-0.05, 0) is 31.5 Å². The maximum Gasteiger partial charge on any atom is 0.149 e. The Hall–Kier alpha value is -2.10. The zero-order valence-electron chi connectivity index (χ0n) is 9.68. The molecule has 0 aliphatic rings. The van der Waals surface area contributed by atoms with E-state index in [1.807, 2.05) is 13.0 Å². The number of hydrogen-bond acceptors (Lipinski definition) is 3. The minimum absolute atomic E-state index is 0.318. The van der Waals surface area contributed by atoms with E-state index >= 15 is 0 Å². The molecule has 0 N–H and O–H groups in total. The minimum atomic E-state index is -0.318. The van der Waals surface area contributed by atoms with Gasteiger partial charge in [-0.2, -0.15) is 0 Å². The Morgan fingerprint density at radius 3 is 2.59 bits per heavy atom. The van der Waals surface area contributed by atoms with Crippen molar-refractivity contribution in [3.63, 3.8) is 0 Å². The Bertz CT molecular complexity index is 550. The topological polar surface area (TPSA) is 38.1 Å². The van der Waals surface area contributed by atoms with Gasteiger partial charge in [0.2, 0.25) is 0 Å². The molecule has 0 atom stereocenters. The molecule has 0 bridgehead atoms. The lowest BCUT2D eigenvalue weighted by molar-refractivity contribution is 0.629. The lowest BCUT2D eigenvalue weighted by atomic mass is 10.2. The predicted molar refractivity (Wildman–Crippen MR) is 65.0 cm³/mol. The maximum atomic E-state index is 13.6. The molecule has 0 unspecified atom stereocenters. The molecule has 2 aromatic rings. The number of aromatic nitrogens is 2. The van der Waals surface area contributed by atoms with Crippen molar-refractivity contribution in [2.24, 2.45) is 4.99 Å². The monoisotopic (exact) mass is 229 g/mol. The second-order valence-electron chi connectivity index (χ2n) is 3.78. The van der Waals surface area contributed by atoms with E-state index in [2.05, 4.69) is 15.0 Å². The molecule has 0 spiro atoms. The number of aliphatic imine (C=N–C) groups is 1. The van der Waals surface area contributed by atoms with Gasteiger partial charge in [-0.1, -0.05) is 6.07 Å². The van der Waals surface area contributed by atoms with Crippen LogP contribution in [0.4, 0.5) is 10.1 Å². The standard InChI is InChI=1S/C13H12FN3/c1-9-3-4-13(12(14)5-9)17-10(2)11-6-15-8-16-7-11/h3-8H,1-2H3/b17-10+. The normalized spacial score (nSPS) is 11.6. The van der Waals surface area contributed by atoms with Gasteiger partial charge in [0.1, 0.15) is 12.1 Å². The van der Waals surface area contributed by atoms with Crippen molar-refractivity contribution >= 4 is 11.4 Å². The maximum absolute atomic E-state index is 13.6. The molecule has 0 fully saturated rings. The molecule has 1 aromatic carbocycles. The van der Waals surface area contributed by atoms with Crippen molar-refractivity contribution < 1.29 is 4.39 Å². The molecule has 0 aliphatic carbocycles. The van der Waals surface area contributed by atoms with Crippen LogP contribution in [0.15, 0.2) is 41.9 Å². The lowest BCUT2D eigenvalue weighted by Crippen LogP contribution is -1.96. The fourth-order valence-electron chi connectivity index (χ4n) is 1.43. The summed E-state index contributed by atoms with van der Waals surface area (Å²) in [6.07, 6.45) is 4.75. The Kier molecular flexibility index (Phi) is 3.23. The van der Waals surface area contributed by atoms with E-state index in [9.17, 15) is 4.39 Å². The highest BCUT2D eigenvalue weighted by Gasteiger charge is 2.03. The first-order valence-corrected chi connectivity index (χ1v) is 5.23. The van der Waals surface area contributed by atoms with Crippen LogP contribution in [0.25, 0.3) is 0 Å². The van der Waals surface area contributed by atoms with E-state index < -0.39 is 0 Å². The first-order valence-electron chi connectivity index (χ1n) is 5.23. The van der Waals surface area contributed by atoms with Crippen LogP contribution in [0.1, 0.15) is 18.1 Å². The van der Waals surface area contributed by atoms with Crippen LogP contribution in [0, 0.1) is 12.7 Å². The molecule has 4 heteroatoms. The Morgan fingerprint density at radius 1 is 1.24 bits per heavy atom. The van der Waals surface area contributed by atoms with Crippen molar-refractivity contribution in [2.75, 3.05) is 0 Å². The average Bonchev–Trinajstić information content (AvgIpc) is 2.34. The summed E-state index contributed by atoms with van der Waals surface area (Å²) in [6, 6.07) is 4.96. The molecule has 0 saturated heterocycles. The third-order valence-corrected chi connectivity index (χ3v) is 2.37. The van der Waals surface area contributed by atoms with Crippen LogP contribution in [0.2, 0.25) is 0 Å². The molecule has 1 heterocycles. The van der Waals surface area contributed by atoms with Gasteiger partial charge in [-0.3, -0.25) is 0 Å². The fourth-order valence-corrected chi connectivity index (χ4v) is 1.43. The van der Waals surface area contributed by atoms with Crippen molar-refractivity contribution in [3.05, 3.63) is 53.9 Å². The van der Waals surface area contributed by atoms with Gasteiger partial charge in [-0.25, -0.2) is 19.4 Å². The summed E-state index contributed by atoms with van der Waals surface area (Å²) in [6.45, 7) is 3.65. The molecule has 0 saturated carbocycles. The molecule has 17 heavy (non-hydrogen) atoms. The zero-order valence-corrected chi connectivity index (χ0v) is 9.68. The Morgan fingerprint density at radius 2 is 1.94 bits per heavy atom. The van der Waals surface area contributed by atoms with Gasteiger partial charge in [-0.15, -0.1) is 0 Å². The largest absolute Gasteiger partial charge is 0.250 e. The summed E-state index contributed by atoms with van der Waals surface area (Å²) in [5, 5.41) is 0. The van der Waals surface area contributed by atoms with Gasteiger partial charge in [0.15, 0.2) is 0 Å². The van der Waals surface area contributed by atoms with Crippen LogP contribution in [0.5, 0.6) is 0 Å². The summed E-state index contributed by atoms with van der Waals surface area (Å²) in [4.78, 5) is 12.0. The van der Waals surface area contributed by atoms with Crippen molar-refractivity contribution in [2.45, 2.75) is 13.8 Å². The van der Waals surface area contributed by atoms with Gasteiger partial charge in [0.25, 0.3) is 0 Å². The summed E-state index contributed by atoms with van der Waals surface area (Å²) in [5.41, 5.74) is 2.68. The first kappa shape index (κ1) is 11.4. The predicted octanol–water partition coefficient (Wildman–Crippen LogP) is 3.06. The molecule has 2 rings (SSSR count). The van der Waals surface area contributed by atoms with Crippen molar-refractivity contribution in [1.82, 2.24) is 9.97 Å². The molecule has 0 aliphatic heterocycles. The van der Waals surface area contributed by atoms with E-state index in [1.54, 1.807) is 25.4 Å². The summed E-state index contributed by atoms with van der Waals surface area (Å²) in [5.74, 6) is -0.318. The lowest BCUT2D eigenvalue weighted by Gasteiger charge is -2.02. The SMILES string of the molecule is C/C(=N\c1ccc(C)cc1F)c1cncnc1. The highest BCUT2D eigenvalue weighted by molar-refractivity contribution is 5.99. The van der Waals surface area contributed by atoms with Crippen LogP contribution >= 0.6 is 0 Å². The first-order chi connectivity index (χ1) is 8.16. The Balaban J connectivity index is 2.36. The van der Waals surface area contributed by atoms with Crippen LogP contribution in [-0.4, -0.2) is 15.7 Å². The second kappa shape index (κ2) is 4.82. The number of aryl methyl sites for hydroxylation is 1. The van der Waals surface area contributed by atoms with Gasteiger partial charge < -0.3 is 0 Å². The van der Waals surface area contributed by atoms with Gasteiger partial charge >= 0.3 is 0 Å². The molecular weight excluding hydrogens is 217 g/mol. The smallest absolute Gasteiger partial charge is 0.149 e. The molecule has 0 radical (unpaired) electrons. The van der Waals surface area contributed by atoms with E-state index in [0.29, 0.717) is 11.4 Å². The molecule has 86 valence electrons. The summed E-state index contributed by atoms with van der Waals surface area (Å²) in [7, 11) is 0. The minimum Gasteiger partial charge on any atom is -0.250 e. The summed E-state index contributed by atoms with van der Waals surface area (Å²) >= 11 is 0. The van der Waals surface area contributed by atoms with Crippen LogP contribution < -0.4 is 0 Å². The number of rotatable bonds is 2. The van der Waals surface area contributed by atoms with E-state index in [-0.39, 0.29) is 5.82 Å². The van der Waals surface area contributed by atoms with E-state index in [1.165, 1.54) is 12.4 Å². The number of halogens is 1. The van der Waals surface area contributed by atoms with Crippen molar-refractivity contribution in [3.8, 4) is 0 Å². The van der Waals surface area contributed by atoms with Crippen LogP contribution in [0.3, 0.4) is 0 Å². The molecule has 0 amide bonds. The van der Waals surface area contributed by atoms with Crippen molar-refractivity contribution in [1.29, 1.82) is 0 Å². The summed E-state index contributed by atoms with van der Waals surface area (Å²) < 4.78 is 13.6. The molecule has 3 nitrogen and oxygen atoms in total. The molecular formula is C13H12FN3. The number of nitrogens with zero attached hydrogens (tertiary/aromatic N) is 3. The average molecular weight is 229 g/mol. The second-order valence-corrected chi connectivity index (χ2v) is 3.78. The number of benzene rings is 1. The third-order valence-electron chi connectivity index (χ3n) is 2.37. The number of hydrogen-bond donors (Lipinski definition) is 0. The fraction of sp³-hybridized carbons (Fsp3) is 0.154. The molecule has 1 aromatic heterocycles. The van der Waals surface area contributed by atoms with E-state index in [0.717, 1.165) is 11.1 Å². The Labute approximate surface area is 99.1 Å². The highest BCUT2D eigenvalue weighted by atomic mass is 19.1. The van der Waals surface area contributed by atoms with E-state index in [4.69, 9.17) is 0 Å². The zero-order chi connectivity index (χ0) is 12.3. The highest BCUT2D eigenvalue weighted by Crippen LogP contribution is 2.19. The van der Waals surface area contributed by atoms with Gasteiger partial charge in [0, 0.05) is 23.7 Å². The third kappa shape index (κ3) is 2.72. The van der Waals surface area contributed by atoms with Crippen LogP contribution in [-0.2, 0) is 0 Å². The van der Waals surface area contributed by atoms with Gasteiger partial charge in [0.05, 0.1) is 5.69 Å². The quantitative estimate of drug-likeness (QED) is 0.742.